The third kappa shape index (κ3) is 3.97. The van der Waals surface area contributed by atoms with Gasteiger partial charge in [-0.1, -0.05) is 26.0 Å². The maximum Gasteiger partial charge on any atom is 0.134 e. The Labute approximate surface area is 89.9 Å². The molecule has 0 spiro atoms. The van der Waals surface area contributed by atoms with Crippen LogP contribution in [0.2, 0.25) is 0 Å². The quantitative estimate of drug-likeness (QED) is 0.706. The van der Waals surface area contributed by atoms with E-state index in [1.807, 2.05) is 23.9 Å². The molecule has 0 radical (unpaired) electrons. The van der Waals surface area contributed by atoms with E-state index in [9.17, 15) is 4.79 Å². The van der Waals surface area contributed by atoms with Crippen molar-refractivity contribution in [3.63, 3.8) is 0 Å². The summed E-state index contributed by atoms with van der Waals surface area (Å²) in [6, 6.07) is 8.24. The number of rotatable bonds is 4. The van der Waals surface area contributed by atoms with Crippen LogP contribution in [0.5, 0.6) is 0 Å². The first-order valence-electron chi connectivity index (χ1n) is 4.83. The van der Waals surface area contributed by atoms with Crippen LogP contribution in [0.25, 0.3) is 0 Å². The summed E-state index contributed by atoms with van der Waals surface area (Å²) < 4.78 is 0. The number of Topliss-reactive ketones (excluding diaryl/α,β-unsaturated/α-hetero) is 1. The van der Waals surface area contributed by atoms with Gasteiger partial charge in [-0.25, -0.2) is 0 Å². The second-order valence-corrected chi connectivity index (χ2v) is 5.34. The number of carbonyl (C=O) groups excluding carboxylic acids is 1. The van der Waals surface area contributed by atoms with Gasteiger partial charge in [-0.05, 0) is 24.6 Å². The third-order valence-electron chi connectivity index (χ3n) is 1.75. The summed E-state index contributed by atoms with van der Waals surface area (Å²) >= 11 is 1.84. The predicted octanol–water partition coefficient (Wildman–Crippen LogP) is 3.32. The van der Waals surface area contributed by atoms with E-state index in [0.29, 0.717) is 11.7 Å². The van der Waals surface area contributed by atoms with Gasteiger partial charge in [0.05, 0.1) is 0 Å². The monoisotopic (exact) mass is 208 g/mol. The zero-order valence-electron chi connectivity index (χ0n) is 8.91. The highest BCUT2D eigenvalue weighted by molar-refractivity contribution is 7.99. The van der Waals surface area contributed by atoms with Crippen molar-refractivity contribution in [3.8, 4) is 0 Å². The number of hydrogen-bond acceptors (Lipinski definition) is 2. The first-order chi connectivity index (χ1) is 6.58. The van der Waals surface area contributed by atoms with Gasteiger partial charge in [-0.15, -0.1) is 11.8 Å². The van der Waals surface area contributed by atoms with E-state index in [4.69, 9.17) is 0 Å². The van der Waals surface area contributed by atoms with Crippen LogP contribution in [0.3, 0.4) is 0 Å². The minimum atomic E-state index is 0.217. The lowest BCUT2D eigenvalue weighted by molar-refractivity contribution is -0.116. The van der Waals surface area contributed by atoms with E-state index < -0.39 is 0 Å². The zero-order valence-corrected chi connectivity index (χ0v) is 9.73. The number of carbonyl (C=O) groups is 1. The maximum atomic E-state index is 10.9. The van der Waals surface area contributed by atoms with Gasteiger partial charge >= 0.3 is 0 Å². The molecule has 1 aromatic rings. The molecule has 1 rings (SSSR count). The minimum absolute atomic E-state index is 0.217. The minimum Gasteiger partial charge on any atom is -0.300 e. The van der Waals surface area contributed by atoms with Gasteiger partial charge in [-0.2, -0.15) is 0 Å². The Hall–Kier alpha value is -0.760. The molecule has 0 aliphatic heterocycles. The highest BCUT2D eigenvalue weighted by Gasteiger charge is 2.00. The van der Waals surface area contributed by atoms with E-state index >= 15 is 0 Å². The Bertz CT molecular complexity index is 301. The molecular formula is C12H16OS. The van der Waals surface area contributed by atoms with Crippen LogP contribution in [-0.2, 0) is 11.2 Å². The molecule has 0 aliphatic carbocycles. The highest BCUT2D eigenvalue weighted by atomic mass is 32.2. The van der Waals surface area contributed by atoms with Crippen LogP contribution in [-0.4, -0.2) is 11.0 Å². The molecule has 1 aromatic carbocycles. The van der Waals surface area contributed by atoms with Crippen LogP contribution in [0, 0.1) is 0 Å². The zero-order chi connectivity index (χ0) is 10.6. The van der Waals surface area contributed by atoms with Crippen molar-refractivity contribution in [1.82, 2.24) is 0 Å². The van der Waals surface area contributed by atoms with Crippen molar-refractivity contribution in [1.29, 1.82) is 0 Å². The molecule has 0 saturated heterocycles. The Kier molecular flexibility index (Phi) is 4.21. The Morgan fingerprint density at radius 2 is 1.86 bits per heavy atom. The van der Waals surface area contributed by atoms with Gasteiger partial charge in [0.1, 0.15) is 5.78 Å². The number of thioether (sulfide) groups is 1. The summed E-state index contributed by atoms with van der Waals surface area (Å²) in [5.41, 5.74) is 1.10. The van der Waals surface area contributed by atoms with Crippen LogP contribution < -0.4 is 0 Å². The average Bonchev–Trinajstić information content (AvgIpc) is 2.06. The van der Waals surface area contributed by atoms with Crippen LogP contribution in [0.15, 0.2) is 29.2 Å². The topological polar surface area (TPSA) is 17.1 Å². The van der Waals surface area contributed by atoms with E-state index in [1.54, 1.807) is 6.92 Å². The smallest absolute Gasteiger partial charge is 0.134 e. The molecule has 14 heavy (non-hydrogen) atoms. The lowest BCUT2D eigenvalue weighted by Gasteiger charge is -2.05. The van der Waals surface area contributed by atoms with Gasteiger partial charge in [0, 0.05) is 16.6 Å². The molecule has 2 heteroatoms. The largest absolute Gasteiger partial charge is 0.300 e. The van der Waals surface area contributed by atoms with Gasteiger partial charge in [0.15, 0.2) is 0 Å². The molecule has 76 valence electrons. The lowest BCUT2D eigenvalue weighted by atomic mass is 10.1. The van der Waals surface area contributed by atoms with Crippen LogP contribution in [0.4, 0.5) is 0 Å². The van der Waals surface area contributed by atoms with Crippen molar-refractivity contribution in [2.75, 3.05) is 0 Å². The lowest BCUT2D eigenvalue weighted by Crippen LogP contribution is -1.95. The first-order valence-corrected chi connectivity index (χ1v) is 5.71. The Morgan fingerprint density at radius 1 is 1.29 bits per heavy atom. The fraction of sp³-hybridized carbons (Fsp3) is 0.417. The van der Waals surface area contributed by atoms with E-state index in [1.165, 1.54) is 4.90 Å². The molecule has 0 aromatic heterocycles. The molecule has 0 amide bonds. The molecule has 0 unspecified atom stereocenters. The molecule has 0 saturated carbocycles. The normalized spacial score (nSPS) is 10.6. The summed E-state index contributed by atoms with van der Waals surface area (Å²) in [6.07, 6.45) is 0.548. The fourth-order valence-corrected chi connectivity index (χ4v) is 2.08. The summed E-state index contributed by atoms with van der Waals surface area (Å²) in [4.78, 5) is 12.1. The van der Waals surface area contributed by atoms with Crippen molar-refractivity contribution in [2.45, 2.75) is 37.3 Å². The molecule has 1 nitrogen and oxygen atoms in total. The molecule has 0 bridgehead atoms. The van der Waals surface area contributed by atoms with Crippen LogP contribution in [0.1, 0.15) is 26.3 Å². The average molecular weight is 208 g/mol. The maximum absolute atomic E-state index is 10.9. The summed E-state index contributed by atoms with van der Waals surface area (Å²) in [7, 11) is 0. The standard InChI is InChI=1S/C12H16OS/c1-9(2)14-12-6-4-11(5-7-12)8-10(3)13/h4-7,9H,8H2,1-3H3. The second-order valence-electron chi connectivity index (χ2n) is 3.69. The van der Waals surface area contributed by atoms with Gasteiger partial charge in [-0.3, -0.25) is 4.79 Å². The molecule has 0 aliphatic rings. The Balaban J connectivity index is 2.63. The molecule has 0 fully saturated rings. The number of benzene rings is 1. The van der Waals surface area contributed by atoms with Crippen molar-refractivity contribution in [3.05, 3.63) is 29.8 Å². The molecule has 0 atom stereocenters. The molecular weight excluding hydrogens is 192 g/mol. The summed E-state index contributed by atoms with van der Waals surface area (Å²) in [6.45, 7) is 5.97. The predicted molar refractivity (Wildman–Crippen MR) is 61.8 cm³/mol. The molecule has 0 heterocycles. The number of ketones is 1. The van der Waals surface area contributed by atoms with Gasteiger partial charge < -0.3 is 0 Å². The van der Waals surface area contributed by atoms with Crippen molar-refractivity contribution < 1.29 is 4.79 Å². The van der Waals surface area contributed by atoms with Crippen molar-refractivity contribution in [2.24, 2.45) is 0 Å². The number of hydrogen-bond donors (Lipinski definition) is 0. The fourth-order valence-electron chi connectivity index (χ4n) is 1.25. The molecule has 0 N–H and O–H groups in total. The van der Waals surface area contributed by atoms with Gasteiger partial charge in [0.2, 0.25) is 0 Å². The SMILES string of the molecule is CC(=O)Cc1ccc(SC(C)C)cc1. The first kappa shape index (κ1) is 11.3. The third-order valence-corrected chi connectivity index (χ3v) is 2.76. The highest BCUT2D eigenvalue weighted by Crippen LogP contribution is 2.22. The Morgan fingerprint density at radius 3 is 2.29 bits per heavy atom. The van der Waals surface area contributed by atoms with Crippen molar-refractivity contribution >= 4 is 17.5 Å². The second kappa shape index (κ2) is 5.20. The van der Waals surface area contributed by atoms with Gasteiger partial charge in [0.25, 0.3) is 0 Å². The van der Waals surface area contributed by atoms with E-state index in [-0.39, 0.29) is 5.78 Å². The van der Waals surface area contributed by atoms with Crippen LogP contribution >= 0.6 is 11.8 Å². The van der Waals surface area contributed by atoms with E-state index in [0.717, 1.165) is 5.56 Å². The summed E-state index contributed by atoms with van der Waals surface area (Å²) in [5, 5.41) is 0.605. The van der Waals surface area contributed by atoms with E-state index in [2.05, 4.69) is 26.0 Å². The summed E-state index contributed by atoms with van der Waals surface area (Å²) in [5.74, 6) is 0.217.